The van der Waals surface area contributed by atoms with Crippen LogP contribution in [0.25, 0.3) is 0 Å². The summed E-state index contributed by atoms with van der Waals surface area (Å²) in [6, 6.07) is 6.21. The van der Waals surface area contributed by atoms with E-state index < -0.39 is 0 Å². The SMILES string of the molecule is CN(Cc1ccsc1)Cc1nnc(SCc2ccncc2)n1C. The van der Waals surface area contributed by atoms with Crippen molar-refractivity contribution in [1.29, 1.82) is 0 Å². The van der Waals surface area contributed by atoms with Crippen LogP contribution in [0.3, 0.4) is 0 Å². The van der Waals surface area contributed by atoms with E-state index in [1.807, 2.05) is 31.6 Å². The fourth-order valence-electron chi connectivity index (χ4n) is 2.23. The van der Waals surface area contributed by atoms with Crippen molar-refractivity contribution in [3.8, 4) is 0 Å². The molecule has 3 aromatic rings. The van der Waals surface area contributed by atoms with Gasteiger partial charge in [-0.3, -0.25) is 9.88 Å². The number of thioether (sulfide) groups is 1. The van der Waals surface area contributed by atoms with Gasteiger partial charge in [-0.05, 0) is 47.1 Å². The Balaban J connectivity index is 1.58. The van der Waals surface area contributed by atoms with Gasteiger partial charge in [-0.2, -0.15) is 11.3 Å². The Morgan fingerprint density at radius 1 is 1.13 bits per heavy atom. The van der Waals surface area contributed by atoms with Crippen molar-refractivity contribution in [2.45, 2.75) is 24.0 Å². The van der Waals surface area contributed by atoms with E-state index in [9.17, 15) is 0 Å². The van der Waals surface area contributed by atoms with E-state index in [1.165, 1.54) is 11.1 Å². The van der Waals surface area contributed by atoms with Crippen molar-refractivity contribution in [3.63, 3.8) is 0 Å². The van der Waals surface area contributed by atoms with Crippen LogP contribution in [0, 0.1) is 0 Å². The molecule has 3 aromatic heterocycles. The molecule has 23 heavy (non-hydrogen) atoms. The zero-order chi connectivity index (χ0) is 16.1. The fraction of sp³-hybridized carbons (Fsp3) is 0.312. The Labute approximate surface area is 144 Å². The molecule has 0 aliphatic rings. The predicted octanol–water partition coefficient (Wildman–Crippen LogP) is 3.20. The molecule has 5 nitrogen and oxygen atoms in total. The van der Waals surface area contributed by atoms with Gasteiger partial charge in [0.1, 0.15) is 5.82 Å². The Morgan fingerprint density at radius 2 is 1.96 bits per heavy atom. The molecule has 0 aliphatic heterocycles. The first kappa shape index (κ1) is 16.2. The summed E-state index contributed by atoms with van der Waals surface area (Å²) in [4.78, 5) is 6.29. The number of aromatic nitrogens is 4. The molecule has 0 radical (unpaired) electrons. The Hall–Kier alpha value is -1.70. The Kier molecular flexibility index (Phi) is 5.43. The molecule has 0 aliphatic carbocycles. The lowest BCUT2D eigenvalue weighted by atomic mass is 10.3. The molecule has 0 bridgehead atoms. The Morgan fingerprint density at radius 3 is 2.70 bits per heavy atom. The lowest BCUT2D eigenvalue weighted by Crippen LogP contribution is -2.19. The molecule has 0 N–H and O–H groups in total. The van der Waals surface area contributed by atoms with Crippen molar-refractivity contribution in [3.05, 3.63) is 58.3 Å². The highest BCUT2D eigenvalue weighted by Gasteiger charge is 2.12. The van der Waals surface area contributed by atoms with Crippen LogP contribution in [0.5, 0.6) is 0 Å². The van der Waals surface area contributed by atoms with E-state index in [0.29, 0.717) is 0 Å². The molecule has 0 aromatic carbocycles. The first-order valence-electron chi connectivity index (χ1n) is 7.32. The maximum absolute atomic E-state index is 4.34. The molecule has 0 saturated carbocycles. The zero-order valence-electron chi connectivity index (χ0n) is 13.2. The van der Waals surface area contributed by atoms with Crippen molar-refractivity contribution < 1.29 is 0 Å². The molecule has 0 amide bonds. The van der Waals surface area contributed by atoms with Gasteiger partial charge in [0.2, 0.25) is 0 Å². The quantitative estimate of drug-likeness (QED) is 0.616. The second-order valence-electron chi connectivity index (χ2n) is 5.41. The van der Waals surface area contributed by atoms with Gasteiger partial charge in [-0.25, -0.2) is 0 Å². The highest BCUT2D eigenvalue weighted by atomic mass is 32.2. The van der Waals surface area contributed by atoms with E-state index in [-0.39, 0.29) is 0 Å². The number of rotatable bonds is 7. The van der Waals surface area contributed by atoms with Crippen LogP contribution in [-0.2, 0) is 25.9 Å². The van der Waals surface area contributed by atoms with Gasteiger partial charge in [-0.15, -0.1) is 10.2 Å². The third kappa shape index (κ3) is 4.40. The van der Waals surface area contributed by atoms with Crippen LogP contribution in [0.2, 0.25) is 0 Å². The number of hydrogen-bond donors (Lipinski definition) is 0. The standard InChI is InChI=1S/C16H19N5S2/c1-20(9-14-5-8-22-11-14)10-15-18-19-16(21(15)2)23-12-13-3-6-17-7-4-13/h3-8,11H,9-10,12H2,1-2H3. The topological polar surface area (TPSA) is 46.8 Å². The largest absolute Gasteiger partial charge is 0.308 e. The highest BCUT2D eigenvalue weighted by Crippen LogP contribution is 2.21. The zero-order valence-corrected chi connectivity index (χ0v) is 14.8. The third-order valence-corrected chi connectivity index (χ3v) is 5.31. The van der Waals surface area contributed by atoms with Gasteiger partial charge in [0.05, 0.1) is 6.54 Å². The maximum Gasteiger partial charge on any atom is 0.191 e. The number of pyridine rings is 1. The molecule has 0 fully saturated rings. The first-order valence-corrected chi connectivity index (χ1v) is 9.25. The minimum atomic E-state index is 0.787. The molecule has 120 valence electrons. The summed E-state index contributed by atoms with van der Waals surface area (Å²) in [5.41, 5.74) is 2.58. The number of thiophene rings is 1. The van der Waals surface area contributed by atoms with Crippen LogP contribution in [0.4, 0.5) is 0 Å². The van der Waals surface area contributed by atoms with Gasteiger partial charge < -0.3 is 4.57 Å². The lowest BCUT2D eigenvalue weighted by molar-refractivity contribution is 0.306. The molecule has 0 saturated heterocycles. The van der Waals surface area contributed by atoms with E-state index in [1.54, 1.807) is 23.1 Å². The van der Waals surface area contributed by atoms with Crippen LogP contribution in [-0.4, -0.2) is 31.7 Å². The van der Waals surface area contributed by atoms with Crippen LogP contribution < -0.4 is 0 Å². The molecular weight excluding hydrogens is 326 g/mol. The fourth-order valence-corrected chi connectivity index (χ4v) is 3.77. The summed E-state index contributed by atoms with van der Waals surface area (Å²) < 4.78 is 2.08. The second-order valence-corrected chi connectivity index (χ2v) is 7.13. The van der Waals surface area contributed by atoms with Gasteiger partial charge in [0, 0.05) is 31.7 Å². The summed E-state index contributed by atoms with van der Waals surface area (Å²) in [6.45, 7) is 1.71. The normalized spacial score (nSPS) is 11.3. The average Bonchev–Trinajstić information content (AvgIpc) is 3.18. The smallest absolute Gasteiger partial charge is 0.191 e. The lowest BCUT2D eigenvalue weighted by Gasteiger charge is -2.15. The minimum Gasteiger partial charge on any atom is -0.308 e. The van der Waals surface area contributed by atoms with Crippen LogP contribution >= 0.6 is 23.1 Å². The maximum atomic E-state index is 4.34. The average molecular weight is 345 g/mol. The monoisotopic (exact) mass is 345 g/mol. The molecule has 0 atom stereocenters. The summed E-state index contributed by atoms with van der Waals surface area (Å²) in [7, 11) is 4.14. The van der Waals surface area contributed by atoms with E-state index >= 15 is 0 Å². The van der Waals surface area contributed by atoms with E-state index in [2.05, 4.69) is 48.5 Å². The summed E-state index contributed by atoms with van der Waals surface area (Å²) in [5.74, 6) is 1.86. The molecule has 0 spiro atoms. The number of nitrogens with zero attached hydrogens (tertiary/aromatic N) is 5. The minimum absolute atomic E-state index is 0.787. The van der Waals surface area contributed by atoms with Gasteiger partial charge in [-0.1, -0.05) is 11.8 Å². The predicted molar refractivity (Wildman–Crippen MR) is 94.3 cm³/mol. The van der Waals surface area contributed by atoms with Gasteiger partial charge in [0.25, 0.3) is 0 Å². The van der Waals surface area contributed by atoms with Crippen LogP contribution in [0.15, 0.2) is 46.5 Å². The van der Waals surface area contributed by atoms with Crippen molar-refractivity contribution in [2.24, 2.45) is 7.05 Å². The summed E-state index contributed by atoms with van der Waals surface area (Å²) in [6.07, 6.45) is 3.63. The Bertz CT molecular complexity index is 724. The molecule has 3 heterocycles. The summed E-state index contributed by atoms with van der Waals surface area (Å²) >= 11 is 3.43. The van der Waals surface area contributed by atoms with Crippen molar-refractivity contribution in [1.82, 2.24) is 24.6 Å². The highest BCUT2D eigenvalue weighted by molar-refractivity contribution is 7.98. The second kappa shape index (κ2) is 7.72. The van der Waals surface area contributed by atoms with Gasteiger partial charge >= 0.3 is 0 Å². The van der Waals surface area contributed by atoms with E-state index in [0.717, 1.165) is 29.8 Å². The molecule has 0 unspecified atom stereocenters. The molecule has 3 rings (SSSR count). The van der Waals surface area contributed by atoms with Crippen molar-refractivity contribution >= 4 is 23.1 Å². The third-order valence-electron chi connectivity index (χ3n) is 3.49. The summed E-state index contributed by atoms with van der Waals surface area (Å²) in [5, 5.41) is 13.9. The van der Waals surface area contributed by atoms with Crippen molar-refractivity contribution in [2.75, 3.05) is 7.05 Å². The van der Waals surface area contributed by atoms with Crippen LogP contribution in [0.1, 0.15) is 17.0 Å². The first-order chi connectivity index (χ1) is 11.2. The van der Waals surface area contributed by atoms with E-state index in [4.69, 9.17) is 0 Å². The number of hydrogen-bond acceptors (Lipinski definition) is 6. The molecule has 7 heteroatoms. The van der Waals surface area contributed by atoms with Gasteiger partial charge in [0.15, 0.2) is 5.16 Å². The molecular formula is C16H19N5S2.